The number of carbonyl (C=O) groups is 1. The summed E-state index contributed by atoms with van der Waals surface area (Å²) in [6.45, 7) is -0.971. The third kappa shape index (κ3) is 4.55. The second-order valence-corrected chi connectivity index (χ2v) is 7.21. The number of alkyl halides is 3. The second kappa shape index (κ2) is 7.82. The van der Waals surface area contributed by atoms with Gasteiger partial charge in [0, 0.05) is 12.1 Å². The summed E-state index contributed by atoms with van der Waals surface area (Å²) in [5.41, 5.74) is -0.626. The standard InChI is InChI=1S/C15H12F3N3O6S/c16-15(17,18)10-4-6-13(7-5-10)28(26,27)20(9-14(22)19-23)11-2-1-3-12(8-11)21(24)25/h1-8,23H,9H2,(H,19,22). The van der Waals surface area contributed by atoms with Crippen LogP contribution >= 0.6 is 0 Å². The van der Waals surface area contributed by atoms with E-state index < -0.39 is 49.7 Å². The van der Waals surface area contributed by atoms with E-state index in [1.807, 2.05) is 0 Å². The molecule has 0 spiro atoms. The van der Waals surface area contributed by atoms with E-state index in [0.29, 0.717) is 28.6 Å². The minimum atomic E-state index is -4.68. The normalized spacial score (nSPS) is 11.7. The summed E-state index contributed by atoms with van der Waals surface area (Å²) in [5.74, 6) is -1.16. The zero-order valence-electron chi connectivity index (χ0n) is 13.8. The van der Waals surface area contributed by atoms with E-state index in [1.165, 1.54) is 11.5 Å². The van der Waals surface area contributed by atoms with Crippen LogP contribution < -0.4 is 9.79 Å². The fourth-order valence-electron chi connectivity index (χ4n) is 2.19. The van der Waals surface area contributed by atoms with Crippen molar-refractivity contribution in [1.82, 2.24) is 5.48 Å². The van der Waals surface area contributed by atoms with Gasteiger partial charge in [0.15, 0.2) is 0 Å². The minimum Gasteiger partial charge on any atom is -0.289 e. The fraction of sp³-hybridized carbons (Fsp3) is 0.133. The molecular formula is C15H12F3N3O6S. The number of carbonyl (C=O) groups excluding carboxylic acids is 1. The molecule has 9 nitrogen and oxygen atoms in total. The smallest absolute Gasteiger partial charge is 0.289 e. The zero-order valence-corrected chi connectivity index (χ0v) is 14.6. The number of nitrogens with one attached hydrogen (secondary N) is 1. The number of amides is 1. The molecule has 0 aliphatic heterocycles. The molecule has 2 aromatic carbocycles. The lowest BCUT2D eigenvalue weighted by Crippen LogP contribution is -2.40. The highest BCUT2D eigenvalue weighted by atomic mass is 32.2. The zero-order chi connectivity index (χ0) is 21.1. The molecule has 0 saturated carbocycles. The Morgan fingerprint density at radius 3 is 2.29 bits per heavy atom. The van der Waals surface area contributed by atoms with Gasteiger partial charge in [-0.2, -0.15) is 13.2 Å². The maximum Gasteiger partial charge on any atom is 0.416 e. The van der Waals surface area contributed by atoms with Gasteiger partial charge >= 0.3 is 6.18 Å². The Kier molecular flexibility index (Phi) is 5.89. The maximum atomic E-state index is 12.8. The van der Waals surface area contributed by atoms with E-state index >= 15 is 0 Å². The molecule has 0 aliphatic rings. The third-order valence-corrected chi connectivity index (χ3v) is 5.30. The first kappa shape index (κ1) is 21.1. The van der Waals surface area contributed by atoms with Crippen LogP contribution in [0.15, 0.2) is 53.4 Å². The van der Waals surface area contributed by atoms with E-state index in [9.17, 15) is 36.5 Å². The molecule has 0 fully saturated rings. The van der Waals surface area contributed by atoms with Crippen LogP contribution in [0, 0.1) is 10.1 Å². The van der Waals surface area contributed by atoms with Crippen molar-refractivity contribution in [3.05, 3.63) is 64.2 Å². The van der Waals surface area contributed by atoms with Gasteiger partial charge in [0.1, 0.15) is 6.54 Å². The highest BCUT2D eigenvalue weighted by molar-refractivity contribution is 7.92. The minimum absolute atomic E-state index is 0.294. The summed E-state index contributed by atoms with van der Waals surface area (Å²) >= 11 is 0. The van der Waals surface area contributed by atoms with E-state index in [1.54, 1.807) is 0 Å². The van der Waals surface area contributed by atoms with Crippen LogP contribution in [0.25, 0.3) is 0 Å². The van der Waals surface area contributed by atoms with Gasteiger partial charge in [-0.15, -0.1) is 0 Å². The number of nitro groups is 1. The van der Waals surface area contributed by atoms with Crippen molar-refractivity contribution < 1.29 is 36.5 Å². The van der Waals surface area contributed by atoms with Gasteiger partial charge in [-0.1, -0.05) is 6.07 Å². The third-order valence-electron chi connectivity index (χ3n) is 3.51. The highest BCUT2D eigenvalue weighted by Crippen LogP contribution is 2.31. The molecule has 1 amide bonds. The quantitative estimate of drug-likeness (QED) is 0.420. The van der Waals surface area contributed by atoms with Crippen molar-refractivity contribution in [2.45, 2.75) is 11.1 Å². The SMILES string of the molecule is O=C(CN(c1cccc([N+](=O)[O-])c1)S(=O)(=O)c1ccc(C(F)(F)F)cc1)NO. The van der Waals surface area contributed by atoms with E-state index in [4.69, 9.17) is 5.21 Å². The fourth-order valence-corrected chi connectivity index (χ4v) is 3.60. The number of hydrogen-bond acceptors (Lipinski definition) is 6. The summed E-state index contributed by atoms with van der Waals surface area (Å²) in [5, 5.41) is 19.6. The van der Waals surface area contributed by atoms with Gasteiger partial charge in [-0.3, -0.25) is 24.4 Å². The molecular weight excluding hydrogens is 407 g/mol. The molecule has 0 aliphatic carbocycles. The average Bonchev–Trinajstić information content (AvgIpc) is 2.65. The van der Waals surface area contributed by atoms with Gasteiger partial charge in [0.05, 0.1) is 21.1 Å². The summed E-state index contributed by atoms with van der Waals surface area (Å²) < 4.78 is 64.1. The molecule has 0 bridgehead atoms. The van der Waals surface area contributed by atoms with Crippen molar-refractivity contribution in [2.24, 2.45) is 0 Å². The number of rotatable bonds is 6. The van der Waals surface area contributed by atoms with Gasteiger partial charge in [-0.05, 0) is 30.3 Å². The second-order valence-electron chi connectivity index (χ2n) is 5.35. The number of hydrogen-bond donors (Lipinski definition) is 2. The molecule has 2 aromatic rings. The molecule has 150 valence electrons. The summed E-state index contributed by atoms with van der Waals surface area (Å²) in [4.78, 5) is 21.1. The molecule has 28 heavy (non-hydrogen) atoms. The first-order valence-corrected chi connectivity index (χ1v) is 8.78. The molecule has 0 saturated heterocycles. The van der Waals surface area contributed by atoms with Crippen molar-refractivity contribution in [2.75, 3.05) is 10.8 Å². The van der Waals surface area contributed by atoms with Crippen LogP contribution in [-0.4, -0.2) is 31.0 Å². The molecule has 0 aromatic heterocycles. The van der Waals surface area contributed by atoms with Crippen LogP contribution in [-0.2, 0) is 21.0 Å². The lowest BCUT2D eigenvalue weighted by atomic mass is 10.2. The van der Waals surface area contributed by atoms with Crippen LogP contribution in [0.4, 0.5) is 24.5 Å². The molecule has 2 rings (SSSR count). The highest BCUT2D eigenvalue weighted by Gasteiger charge is 2.32. The Morgan fingerprint density at radius 1 is 1.18 bits per heavy atom. The Morgan fingerprint density at radius 2 is 1.79 bits per heavy atom. The van der Waals surface area contributed by atoms with Gasteiger partial charge in [0.25, 0.3) is 21.6 Å². The number of halogens is 3. The average molecular weight is 419 g/mol. The summed E-state index contributed by atoms with van der Waals surface area (Å²) in [7, 11) is -4.59. The van der Waals surface area contributed by atoms with Crippen molar-refractivity contribution in [3.63, 3.8) is 0 Å². The van der Waals surface area contributed by atoms with Crippen LogP contribution in [0.2, 0.25) is 0 Å². The molecule has 2 N–H and O–H groups in total. The van der Waals surface area contributed by atoms with Gasteiger partial charge in [-0.25, -0.2) is 13.9 Å². The van der Waals surface area contributed by atoms with Crippen molar-refractivity contribution in [3.8, 4) is 0 Å². The number of anilines is 1. The summed E-state index contributed by atoms with van der Waals surface area (Å²) in [6.07, 6.45) is -4.68. The monoisotopic (exact) mass is 419 g/mol. The lowest BCUT2D eigenvalue weighted by Gasteiger charge is -2.23. The predicted molar refractivity (Wildman–Crippen MR) is 89.0 cm³/mol. The van der Waals surface area contributed by atoms with Crippen LogP contribution in [0.5, 0.6) is 0 Å². The Bertz CT molecular complexity index is 993. The number of nitrogens with zero attached hydrogens (tertiary/aromatic N) is 2. The van der Waals surface area contributed by atoms with Gasteiger partial charge < -0.3 is 0 Å². The molecule has 0 atom stereocenters. The van der Waals surface area contributed by atoms with E-state index in [2.05, 4.69) is 0 Å². The Balaban J connectivity index is 2.54. The number of nitro benzene ring substituents is 1. The number of non-ortho nitro benzene ring substituents is 1. The maximum absolute atomic E-state index is 12.8. The van der Waals surface area contributed by atoms with E-state index in [-0.39, 0.29) is 5.69 Å². The topological polar surface area (TPSA) is 130 Å². The van der Waals surface area contributed by atoms with Gasteiger partial charge in [0.2, 0.25) is 0 Å². The molecule has 0 heterocycles. The van der Waals surface area contributed by atoms with Crippen LogP contribution in [0.1, 0.15) is 5.56 Å². The van der Waals surface area contributed by atoms with Crippen molar-refractivity contribution in [1.29, 1.82) is 0 Å². The first-order chi connectivity index (χ1) is 13.0. The van der Waals surface area contributed by atoms with E-state index in [0.717, 1.165) is 18.2 Å². The summed E-state index contributed by atoms with van der Waals surface area (Å²) in [6, 6.07) is 6.75. The number of hydroxylamine groups is 1. The first-order valence-electron chi connectivity index (χ1n) is 7.34. The molecule has 13 heteroatoms. The number of benzene rings is 2. The molecule has 0 radical (unpaired) electrons. The predicted octanol–water partition coefficient (Wildman–Crippen LogP) is 2.31. The Hall–Kier alpha value is -3.19. The largest absolute Gasteiger partial charge is 0.416 e. The van der Waals surface area contributed by atoms with Crippen LogP contribution in [0.3, 0.4) is 0 Å². The number of sulfonamides is 1. The Labute approximate surface area is 156 Å². The molecule has 0 unspecified atom stereocenters. The van der Waals surface area contributed by atoms with Crippen molar-refractivity contribution >= 4 is 27.3 Å². The lowest BCUT2D eigenvalue weighted by molar-refractivity contribution is -0.384.